The van der Waals surface area contributed by atoms with Crippen molar-refractivity contribution in [1.82, 2.24) is 25.7 Å². The molecule has 6 nitrogen and oxygen atoms in total. The molecule has 110 valence electrons. The molecular formula is C14H23N5O. The first kappa shape index (κ1) is 13.6. The van der Waals surface area contributed by atoms with Gasteiger partial charge in [0.25, 0.3) is 5.91 Å². The maximum Gasteiger partial charge on any atom is 0.272 e. The van der Waals surface area contributed by atoms with Crippen molar-refractivity contribution >= 4 is 5.91 Å². The number of aromatic nitrogens is 2. The predicted octanol–water partition coefficient (Wildman–Crippen LogP) is 0.270. The minimum atomic E-state index is -0.0471. The molecule has 0 bridgehead atoms. The van der Waals surface area contributed by atoms with Crippen molar-refractivity contribution < 1.29 is 4.79 Å². The molecule has 1 saturated heterocycles. The molecule has 1 aromatic rings. The maximum absolute atomic E-state index is 12.3. The van der Waals surface area contributed by atoms with Crippen LogP contribution < -0.4 is 10.6 Å². The van der Waals surface area contributed by atoms with Crippen LogP contribution in [0.4, 0.5) is 0 Å². The molecule has 1 unspecified atom stereocenters. The van der Waals surface area contributed by atoms with Gasteiger partial charge in [0.2, 0.25) is 0 Å². The summed E-state index contributed by atoms with van der Waals surface area (Å²) >= 11 is 0. The predicted molar refractivity (Wildman–Crippen MR) is 76.6 cm³/mol. The van der Waals surface area contributed by atoms with Crippen LogP contribution in [-0.4, -0.2) is 53.2 Å². The second-order valence-electron chi connectivity index (χ2n) is 5.59. The molecule has 6 heteroatoms. The van der Waals surface area contributed by atoms with Crippen LogP contribution in [0.5, 0.6) is 0 Å². The Kier molecular flexibility index (Phi) is 4.03. The van der Waals surface area contributed by atoms with Gasteiger partial charge in [0.1, 0.15) is 0 Å². The van der Waals surface area contributed by atoms with Crippen LogP contribution in [0.15, 0.2) is 0 Å². The summed E-state index contributed by atoms with van der Waals surface area (Å²) in [7, 11) is 0. The number of likely N-dealkylation sites (tertiary alicyclic amines) is 1. The van der Waals surface area contributed by atoms with Crippen molar-refractivity contribution in [1.29, 1.82) is 0 Å². The highest BCUT2D eigenvalue weighted by molar-refractivity contribution is 5.94. The molecule has 2 aliphatic rings. The number of likely N-dealkylation sites (N-methyl/N-ethyl adjacent to an activating group) is 1. The van der Waals surface area contributed by atoms with E-state index in [1.165, 1.54) is 12.8 Å². The van der Waals surface area contributed by atoms with Crippen molar-refractivity contribution in [2.75, 3.05) is 26.2 Å². The Labute approximate surface area is 119 Å². The topological polar surface area (TPSA) is 73.0 Å². The van der Waals surface area contributed by atoms with Gasteiger partial charge in [0.15, 0.2) is 5.69 Å². The van der Waals surface area contributed by atoms with Gasteiger partial charge in [-0.05, 0) is 25.9 Å². The number of nitrogens with one attached hydrogen (secondary N) is 3. The molecule has 20 heavy (non-hydrogen) atoms. The molecule has 1 aromatic heterocycles. The Morgan fingerprint density at radius 3 is 3.30 bits per heavy atom. The highest BCUT2D eigenvalue weighted by Crippen LogP contribution is 2.17. The molecule has 2 aliphatic heterocycles. The highest BCUT2D eigenvalue weighted by Gasteiger charge is 2.25. The summed E-state index contributed by atoms with van der Waals surface area (Å²) in [5, 5.41) is 13.5. The second-order valence-corrected chi connectivity index (χ2v) is 5.59. The van der Waals surface area contributed by atoms with E-state index in [0.29, 0.717) is 11.7 Å². The van der Waals surface area contributed by atoms with E-state index in [1.807, 2.05) is 0 Å². The molecule has 0 spiro atoms. The van der Waals surface area contributed by atoms with E-state index in [-0.39, 0.29) is 5.91 Å². The Hall–Kier alpha value is -1.40. The van der Waals surface area contributed by atoms with Crippen LogP contribution in [0.3, 0.4) is 0 Å². The number of H-pyrrole nitrogens is 1. The third-order valence-electron chi connectivity index (χ3n) is 4.42. The van der Waals surface area contributed by atoms with Crippen LogP contribution >= 0.6 is 0 Å². The number of rotatable bonds is 4. The minimum Gasteiger partial charge on any atom is -0.349 e. The van der Waals surface area contributed by atoms with E-state index in [4.69, 9.17) is 0 Å². The van der Waals surface area contributed by atoms with Gasteiger partial charge < -0.3 is 10.6 Å². The fraction of sp³-hybridized carbons (Fsp3) is 0.714. The van der Waals surface area contributed by atoms with Gasteiger partial charge in [-0.25, -0.2) is 0 Å². The van der Waals surface area contributed by atoms with E-state index in [0.717, 1.165) is 50.4 Å². The third-order valence-corrected chi connectivity index (χ3v) is 4.42. The van der Waals surface area contributed by atoms with Gasteiger partial charge in [-0.3, -0.25) is 14.8 Å². The molecule has 0 aliphatic carbocycles. The molecule has 3 N–H and O–H groups in total. The quantitative estimate of drug-likeness (QED) is 0.738. The fourth-order valence-corrected chi connectivity index (χ4v) is 3.25. The average molecular weight is 277 g/mol. The van der Waals surface area contributed by atoms with Gasteiger partial charge in [0.05, 0.1) is 0 Å². The Bertz CT molecular complexity index is 484. The van der Waals surface area contributed by atoms with E-state index in [9.17, 15) is 4.79 Å². The zero-order valence-electron chi connectivity index (χ0n) is 12.0. The number of amides is 1. The lowest BCUT2D eigenvalue weighted by Crippen LogP contribution is -2.40. The normalized spacial score (nSPS) is 22.8. The van der Waals surface area contributed by atoms with Gasteiger partial charge >= 0.3 is 0 Å². The molecule has 0 saturated carbocycles. The van der Waals surface area contributed by atoms with Crippen LogP contribution in [0, 0.1) is 0 Å². The monoisotopic (exact) mass is 277 g/mol. The van der Waals surface area contributed by atoms with E-state index in [1.54, 1.807) is 0 Å². The second kappa shape index (κ2) is 5.93. The van der Waals surface area contributed by atoms with Gasteiger partial charge in [-0.15, -0.1) is 0 Å². The van der Waals surface area contributed by atoms with E-state index >= 15 is 0 Å². The average Bonchev–Trinajstić information content (AvgIpc) is 3.11. The first-order valence-electron chi connectivity index (χ1n) is 7.58. The summed E-state index contributed by atoms with van der Waals surface area (Å²) in [6, 6.07) is 0.483. The first-order valence-corrected chi connectivity index (χ1v) is 7.58. The van der Waals surface area contributed by atoms with Gasteiger partial charge in [-0.2, -0.15) is 5.10 Å². The maximum atomic E-state index is 12.3. The lowest BCUT2D eigenvalue weighted by Gasteiger charge is -2.22. The van der Waals surface area contributed by atoms with Gasteiger partial charge in [-0.1, -0.05) is 6.92 Å². The lowest BCUT2D eigenvalue weighted by molar-refractivity contribution is 0.0935. The summed E-state index contributed by atoms with van der Waals surface area (Å²) in [5.41, 5.74) is 2.70. The number of hydrogen-bond donors (Lipinski definition) is 3. The van der Waals surface area contributed by atoms with Crippen molar-refractivity contribution in [2.24, 2.45) is 0 Å². The molecule has 1 fully saturated rings. The third kappa shape index (κ3) is 2.58. The van der Waals surface area contributed by atoms with Crippen molar-refractivity contribution in [2.45, 2.75) is 38.8 Å². The van der Waals surface area contributed by atoms with E-state index < -0.39 is 0 Å². The number of carbonyl (C=O) groups excluding carboxylic acids is 1. The van der Waals surface area contributed by atoms with Crippen LogP contribution in [0.2, 0.25) is 0 Å². The van der Waals surface area contributed by atoms with Crippen molar-refractivity contribution in [3.05, 3.63) is 17.0 Å². The molecule has 1 amide bonds. The highest BCUT2D eigenvalue weighted by atomic mass is 16.1. The summed E-state index contributed by atoms with van der Waals surface area (Å²) in [4.78, 5) is 14.7. The fourth-order valence-electron chi connectivity index (χ4n) is 3.25. The molecular weight excluding hydrogens is 254 g/mol. The zero-order valence-corrected chi connectivity index (χ0v) is 12.0. The molecule has 3 rings (SSSR count). The molecule has 3 heterocycles. The SMILES string of the molecule is CCN1CCCC1CNC(=O)c1n[nH]c2c1CNCC2. The van der Waals surface area contributed by atoms with Crippen LogP contribution in [0.25, 0.3) is 0 Å². The molecule has 1 atom stereocenters. The smallest absolute Gasteiger partial charge is 0.272 e. The molecule has 0 radical (unpaired) electrons. The van der Waals surface area contributed by atoms with Crippen LogP contribution in [0.1, 0.15) is 41.5 Å². The zero-order chi connectivity index (χ0) is 13.9. The summed E-state index contributed by atoms with van der Waals surface area (Å²) in [6.07, 6.45) is 3.33. The summed E-state index contributed by atoms with van der Waals surface area (Å²) < 4.78 is 0. The Morgan fingerprint density at radius 1 is 1.55 bits per heavy atom. The van der Waals surface area contributed by atoms with Crippen molar-refractivity contribution in [3.63, 3.8) is 0 Å². The minimum absolute atomic E-state index is 0.0471. The van der Waals surface area contributed by atoms with Gasteiger partial charge in [0, 0.05) is 43.4 Å². The van der Waals surface area contributed by atoms with E-state index in [2.05, 4.69) is 32.7 Å². The number of nitrogens with zero attached hydrogens (tertiary/aromatic N) is 2. The van der Waals surface area contributed by atoms with Crippen molar-refractivity contribution in [3.8, 4) is 0 Å². The molecule has 0 aromatic carbocycles. The summed E-state index contributed by atoms with van der Waals surface area (Å²) in [6.45, 7) is 6.79. The summed E-state index contributed by atoms with van der Waals surface area (Å²) in [5.74, 6) is -0.0471. The standard InChI is InChI=1S/C14H23N5O/c1-2-19-7-3-4-10(19)8-16-14(20)13-11-9-15-6-5-12(11)17-18-13/h10,15H,2-9H2,1H3,(H,16,20)(H,17,18). The number of carbonyl (C=O) groups is 1. The lowest BCUT2D eigenvalue weighted by atomic mass is 10.1. The first-order chi connectivity index (χ1) is 9.79. The van der Waals surface area contributed by atoms with Crippen LogP contribution in [-0.2, 0) is 13.0 Å². The Balaban J connectivity index is 1.61. The Morgan fingerprint density at radius 2 is 2.45 bits per heavy atom. The largest absolute Gasteiger partial charge is 0.349 e. The number of hydrogen-bond acceptors (Lipinski definition) is 4. The number of fused-ring (bicyclic) bond motifs is 1. The number of aromatic amines is 1.